The summed E-state index contributed by atoms with van der Waals surface area (Å²) in [6.45, 7) is 3.63. The van der Waals surface area contributed by atoms with Crippen molar-refractivity contribution < 1.29 is 0 Å². The summed E-state index contributed by atoms with van der Waals surface area (Å²) in [5, 5.41) is 0. The average Bonchev–Trinajstić information content (AvgIpc) is 2.33. The number of likely N-dealkylation sites (tertiary alicyclic amines) is 1. The number of piperidine rings is 1. The molecule has 3 fully saturated rings. The molecule has 2 atom stereocenters. The van der Waals surface area contributed by atoms with E-state index in [1.165, 1.54) is 70.9 Å². The summed E-state index contributed by atoms with van der Waals surface area (Å²) in [5.41, 5.74) is 6.60. The fraction of sp³-hybridized carbons (Fsp3) is 1.00. The van der Waals surface area contributed by atoms with E-state index in [9.17, 15) is 0 Å². The number of hydrogen-bond donors (Lipinski definition) is 1. The van der Waals surface area contributed by atoms with Crippen LogP contribution in [0.1, 0.15) is 57.8 Å². The molecule has 0 aromatic rings. The Hall–Kier alpha value is -0.0800. The zero-order valence-corrected chi connectivity index (χ0v) is 11.2. The van der Waals surface area contributed by atoms with Crippen LogP contribution in [0.5, 0.6) is 0 Å². The van der Waals surface area contributed by atoms with Gasteiger partial charge >= 0.3 is 0 Å². The first-order valence-electron chi connectivity index (χ1n) is 7.77. The van der Waals surface area contributed by atoms with E-state index in [0.29, 0.717) is 0 Å². The third kappa shape index (κ3) is 2.26. The van der Waals surface area contributed by atoms with Crippen molar-refractivity contribution in [1.82, 2.24) is 4.90 Å². The van der Waals surface area contributed by atoms with Crippen LogP contribution in [0.2, 0.25) is 0 Å². The van der Waals surface area contributed by atoms with Crippen molar-refractivity contribution in [3.63, 3.8) is 0 Å². The van der Waals surface area contributed by atoms with Gasteiger partial charge in [0.1, 0.15) is 0 Å². The second-order valence-electron chi connectivity index (χ2n) is 6.74. The lowest BCUT2D eigenvalue weighted by molar-refractivity contribution is -0.00256. The fourth-order valence-corrected chi connectivity index (χ4v) is 4.44. The molecular weight excluding hydrogens is 208 g/mol. The zero-order chi connectivity index (χ0) is 11.7. The number of nitrogens with two attached hydrogens (primary N) is 1. The number of hydrogen-bond acceptors (Lipinski definition) is 2. The van der Waals surface area contributed by atoms with E-state index in [1.807, 2.05) is 0 Å². The number of rotatable bonds is 2. The van der Waals surface area contributed by atoms with E-state index < -0.39 is 0 Å². The molecule has 2 unspecified atom stereocenters. The Morgan fingerprint density at radius 1 is 0.941 bits per heavy atom. The smallest absolute Gasteiger partial charge is 0.0136 e. The molecule has 1 heterocycles. The highest BCUT2D eigenvalue weighted by Crippen LogP contribution is 2.46. The van der Waals surface area contributed by atoms with Crippen molar-refractivity contribution in [1.29, 1.82) is 0 Å². The summed E-state index contributed by atoms with van der Waals surface area (Å²) >= 11 is 0. The van der Waals surface area contributed by atoms with Gasteiger partial charge in [0.05, 0.1) is 0 Å². The largest absolute Gasteiger partial charge is 0.330 e. The van der Waals surface area contributed by atoms with Gasteiger partial charge in [0, 0.05) is 6.04 Å². The molecule has 2 N–H and O–H groups in total. The predicted molar refractivity (Wildman–Crippen MR) is 71.9 cm³/mol. The van der Waals surface area contributed by atoms with Gasteiger partial charge in [0.15, 0.2) is 0 Å². The van der Waals surface area contributed by atoms with Crippen molar-refractivity contribution in [2.24, 2.45) is 17.1 Å². The van der Waals surface area contributed by atoms with Gasteiger partial charge in [-0.1, -0.05) is 19.3 Å². The first-order valence-corrected chi connectivity index (χ1v) is 7.77. The Morgan fingerprint density at radius 2 is 1.65 bits per heavy atom. The maximum Gasteiger partial charge on any atom is 0.0136 e. The van der Waals surface area contributed by atoms with E-state index in [4.69, 9.17) is 5.73 Å². The first-order chi connectivity index (χ1) is 8.33. The van der Waals surface area contributed by atoms with Crippen LogP contribution in [-0.4, -0.2) is 30.6 Å². The first kappa shape index (κ1) is 12.0. The lowest BCUT2D eigenvalue weighted by Gasteiger charge is -2.51. The van der Waals surface area contributed by atoms with Gasteiger partial charge in [-0.2, -0.15) is 0 Å². The monoisotopic (exact) mass is 236 g/mol. The Kier molecular flexibility index (Phi) is 3.45. The van der Waals surface area contributed by atoms with Crippen LogP contribution in [0.3, 0.4) is 0 Å². The van der Waals surface area contributed by atoms with E-state index in [-0.39, 0.29) is 0 Å². The van der Waals surface area contributed by atoms with Crippen molar-refractivity contribution >= 4 is 0 Å². The molecule has 1 aliphatic heterocycles. The molecule has 1 spiro atoms. The predicted octanol–water partition coefficient (Wildman–Crippen LogP) is 2.77. The summed E-state index contributed by atoms with van der Waals surface area (Å²) in [4.78, 5) is 2.76. The minimum absolute atomic E-state index is 0.761. The molecule has 2 heteroatoms. The third-order valence-electron chi connectivity index (χ3n) is 5.92. The van der Waals surface area contributed by atoms with Crippen molar-refractivity contribution in [2.75, 3.05) is 19.6 Å². The Labute approximate surface area is 106 Å². The van der Waals surface area contributed by atoms with E-state index in [1.54, 1.807) is 0 Å². The second kappa shape index (κ2) is 4.89. The second-order valence-corrected chi connectivity index (χ2v) is 6.74. The lowest BCUT2D eigenvalue weighted by Crippen LogP contribution is -2.54. The molecule has 98 valence electrons. The SMILES string of the molecule is NCC1CCC1N1CCC2(CCCCC2)CC1. The van der Waals surface area contributed by atoms with E-state index in [2.05, 4.69) is 4.90 Å². The molecule has 0 bridgehead atoms. The van der Waals surface area contributed by atoms with Gasteiger partial charge in [0.2, 0.25) is 0 Å². The highest BCUT2D eigenvalue weighted by atomic mass is 15.2. The van der Waals surface area contributed by atoms with Crippen LogP contribution in [0.15, 0.2) is 0 Å². The third-order valence-corrected chi connectivity index (χ3v) is 5.92. The molecular formula is C15H28N2. The quantitative estimate of drug-likeness (QED) is 0.799. The standard InChI is InChI=1S/C15H28N2/c16-12-13-4-5-14(13)17-10-8-15(9-11-17)6-2-1-3-7-15/h13-14H,1-12,16H2. The highest BCUT2D eigenvalue weighted by Gasteiger charge is 2.40. The van der Waals surface area contributed by atoms with Gasteiger partial charge in [-0.05, 0) is 69.5 Å². The van der Waals surface area contributed by atoms with Gasteiger partial charge in [-0.3, -0.25) is 0 Å². The summed E-state index contributed by atoms with van der Waals surface area (Å²) < 4.78 is 0. The molecule has 17 heavy (non-hydrogen) atoms. The van der Waals surface area contributed by atoms with Crippen molar-refractivity contribution in [3.8, 4) is 0 Å². The maximum absolute atomic E-state index is 5.84. The Balaban J connectivity index is 1.53. The maximum atomic E-state index is 5.84. The molecule has 1 saturated heterocycles. The molecule has 2 aliphatic carbocycles. The molecule has 3 aliphatic rings. The van der Waals surface area contributed by atoms with Crippen LogP contribution < -0.4 is 5.73 Å². The number of nitrogens with zero attached hydrogens (tertiary/aromatic N) is 1. The van der Waals surface area contributed by atoms with Crippen LogP contribution in [0.4, 0.5) is 0 Å². The van der Waals surface area contributed by atoms with E-state index in [0.717, 1.165) is 23.9 Å². The van der Waals surface area contributed by atoms with Crippen molar-refractivity contribution in [2.45, 2.75) is 63.8 Å². The lowest BCUT2D eigenvalue weighted by atomic mass is 9.67. The summed E-state index contributed by atoms with van der Waals surface area (Å²) in [6, 6.07) is 0.848. The van der Waals surface area contributed by atoms with E-state index >= 15 is 0 Å². The fourth-order valence-electron chi connectivity index (χ4n) is 4.44. The molecule has 2 nitrogen and oxygen atoms in total. The van der Waals surface area contributed by atoms with Crippen molar-refractivity contribution in [3.05, 3.63) is 0 Å². The normalized spacial score (nSPS) is 37.9. The minimum Gasteiger partial charge on any atom is -0.330 e. The molecule has 0 aromatic heterocycles. The average molecular weight is 236 g/mol. The van der Waals surface area contributed by atoms with Crippen LogP contribution in [-0.2, 0) is 0 Å². The Morgan fingerprint density at radius 3 is 2.18 bits per heavy atom. The molecule has 0 aromatic carbocycles. The topological polar surface area (TPSA) is 29.3 Å². The molecule has 0 amide bonds. The highest BCUT2D eigenvalue weighted by molar-refractivity contribution is 4.95. The van der Waals surface area contributed by atoms with Gasteiger partial charge in [-0.15, -0.1) is 0 Å². The van der Waals surface area contributed by atoms with Crippen LogP contribution >= 0.6 is 0 Å². The summed E-state index contributed by atoms with van der Waals surface area (Å²) in [6.07, 6.45) is 13.3. The Bertz CT molecular complexity index is 246. The summed E-state index contributed by atoms with van der Waals surface area (Å²) in [5.74, 6) is 0.815. The molecule has 0 radical (unpaired) electrons. The van der Waals surface area contributed by atoms with Gasteiger partial charge in [-0.25, -0.2) is 0 Å². The van der Waals surface area contributed by atoms with Crippen LogP contribution in [0, 0.1) is 11.3 Å². The van der Waals surface area contributed by atoms with Gasteiger partial charge < -0.3 is 10.6 Å². The zero-order valence-electron chi connectivity index (χ0n) is 11.2. The molecule has 2 saturated carbocycles. The molecule has 3 rings (SSSR count). The summed E-state index contributed by atoms with van der Waals surface area (Å²) in [7, 11) is 0. The van der Waals surface area contributed by atoms with Gasteiger partial charge in [0.25, 0.3) is 0 Å². The minimum atomic E-state index is 0.761. The van der Waals surface area contributed by atoms with Crippen LogP contribution in [0.25, 0.3) is 0 Å².